The lowest BCUT2D eigenvalue weighted by Crippen LogP contribution is -2.26. The van der Waals surface area contributed by atoms with E-state index in [1.54, 1.807) is 7.11 Å². The molecule has 25 heavy (non-hydrogen) atoms. The van der Waals surface area contributed by atoms with E-state index in [2.05, 4.69) is 26.2 Å². The minimum absolute atomic E-state index is 0.170. The number of nitrogens with one attached hydrogen (secondary N) is 1. The molecule has 0 aromatic heterocycles. The van der Waals surface area contributed by atoms with E-state index < -0.39 is 12.0 Å². The summed E-state index contributed by atoms with van der Waals surface area (Å²) in [5, 5.41) is 12.3. The number of aliphatic carboxylic acids is 1. The summed E-state index contributed by atoms with van der Waals surface area (Å²) >= 11 is 8.80. The lowest BCUT2D eigenvalue weighted by molar-refractivity contribution is -0.137. The zero-order valence-corrected chi connectivity index (χ0v) is 15.7. The van der Waals surface area contributed by atoms with Gasteiger partial charge in [0, 0.05) is 21.3 Å². The Morgan fingerprint density at radius 1 is 1.32 bits per heavy atom. The van der Waals surface area contributed by atoms with Gasteiger partial charge in [0.15, 0.2) is 0 Å². The van der Waals surface area contributed by atoms with Crippen LogP contribution in [0.25, 0.3) is 0 Å². The van der Waals surface area contributed by atoms with Gasteiger partial charge >= 0.3 is 5.97 Å². The number of anilines is 1. The lowest BCUT2D eigenvalue weighted by atomic mass is 10.00. The predicted molar refractivity (Wildman–Crippen MR) is 105 cm³/mol. The summed E-state index contributed by atoms with van der Waals surface area (Å²) in [7, 11) is 1.60. The number of carboxylic acid groups (broad SMARTS) is 1. The Labute approximate surface area is 158 Å². The van der Waals surface area contributed by atoms with Crippen molar-refractivity contribution < 1.29 is 14.6 Å². The van der Waals surface area contributed by atoms with Gasteiger partial charge in [0.05, 0.1) is 19.2 Å². The molecule has 0 aliphatic carbocycles. The maximum atomic E-state index is 11.2. The molecule has 0 saturated carbocycles. The quantitative estimate of drug-likeness (QED) is 0.736. The summed E-state index contributed by atoms with van der Waals surface area (Å²) in [6.07, 6.45) is -0.170. The Hall–Kier alpha value is -2.25. The summed E-state index contributed by atoms with van der Waals surface area (Å²) < 4.78 is 6.28. The van der Waals surface area contributed by atoms with Crippen LogP contribution in [0.1, 0.15) is 17.5 Å². The highest BCUT2D eigenvalue weighted by Gasteiger charge is 2.25. The second-order valence-electron chi connectivity index (χ2n) is 5.50. The molecular formula is C18H15BrN2O3S. The van der Waals surface area contributed by atoms with Gasteiger partial charge in [0.1, 0.15) is 16.8 Å². The van der Waals surface area contributed by atoms with Crippen LogP contribution in [0, 0.1) is 0 Å². The average Bonchev–Trinajstić information content (AvgIpc) is 2.72. The van der Waals surface area contributed by atoms with Crippen molar-refractivity contribution in [2.24, 2.45) is 4.99 Å². The molecule has 2 N–H and O–H groups in total. The number of benzodiazepines with no additional fused rings is 1. The van der Waals surface area contributed by atoms with E-state index >= 15 is 0 Å². The predicted octanol–water partition coefficient (Wildman–Crippen LogP) is 3.89. The van der Waals surface area contributed by atoms with Crippen molar-refractivity contribution in [3.8, 4) is 5.75 Å². The number of thiocarbonyl (C=S) groups is 1. The van der Waals surface area contributed by atoms with Gasteiger partial charge in [-0.3, -0.25) is 9.79 Å². The lowest BCUT2D eigenvalue weighted by Gasteiger charge is -2.12. The summed E-state index contributed by atoms with van der Waals surface area (Å²) in [6.45, 7) is 0. The van der Waals surface area contributed by atoms with Gasteiger partial charge in [-0.2, -0.15) is 0 Å². The first kappa shape index (κ1) is 17.6. The molecule has 5 nitrogen and oxygen atoms in total. The largest absolute Gasteiger partial charge is 0.497 e. The molecule has 0 bridgehead atoms. The number of halogens is 1. The minimum atomic E-state index is -0.948. The average molecular weight is 419 g/mol. The van der Waals surface area contributed by atoms with Crippen LogP contribution in [0.3, 0.4) is 0 Å². The Morgan fingerprint density at radius 2 is 2.04 bits per heavy atom. The van der Waals surface area contributed by atoms with Gasteiger partial charge in [0.25, 0.3) is 0 Å². The highest BCUT2D eigenvalue weighted by atomic mass is 79.9. The SMILES string of the molecule is COc1ccc2c(c1)C(c1ccc(Br)cc1)=NC(CC(=O)O)C(=S)N2. The molecule has 7 heteroatoms. The van der Waals surface area contributed by atoms with Crippen LogP contribution in [0.2, 0.25) is 0 Å². The fraction of sp³-hybridized carbons (Fsp3) is 0.167. The normalized spacial score (nSPS) is 16.3. The van der Waals surface area contributed by atoms with Gasteiger partial charge in [-0.05, 0) is 30.3 Å². The van der Waals surface area contributed by atoms with E-state index in [1.807, 2.05) is 42.5 Å². The Balaban J connectivity index is 2.18. The van der Waals surface area contributed by atoms with Gasteiger partial charge in [0.2, 0.25) is 0 Å². The number of methoxy groups -OCH3 is 1. The molecule has 0 saturated heterocycles. The molecule has 0 amide bonds. The highest BCUT2D eigenvalue weighted by molar-refractivity contribution is 9.10. The van der Waals surface area contributed by atoms with Crippen molar-refractivity contribution in [1.29, 1.82) is 0 Å². The van der Waals surface area contributed by atoms with Crippen molar-refractivity contribution in [1.82, 2.24) is 0 Å². The molecule has 1 unspecified atom stereocenters. The van der Waals surface area contributed by atoms with Gasteiger partial charge in [-0.1, -0.05) is 40.3 Å². The van der Waals surface area contributed by atoms with Crippen LogP contribution in [0.4, 0.5) is 5.69 Å². The van der Waals surface area contributed by atoms with E-state index in [4.69, 9.17) is 17.0 Å². The van der Waals surface area contributed by atoms with Crippen LogP contribution in [0.15, 0.2) is 51.9 Å². The van der Waals surface area contributed by atoms with Crippen LogP contribution in [-0.2, 0) is 4.79 Å². The first-order valence-corrected chi connectivity index (χ1v) is 8.73. The van der Waals surface area contributed by atoms with Gasteiger partial charge < -0.3 is 15.2 Å². The molecule has 3 rings (SSSR count). The zero-order chi connectivity index (χ0) is 18.0. The fourth-order valence-corrected chi connectivity index (χ4v) is 3.11. The first-order chi connectivity index (χ1) is 12.0. The maximum Gasteiger partial charge on any atom is 0.305 e. The number of hydrogen-bond donors (Lipinski definition) is 2. The topological polar surface area (TPSA) is 70.9 Å². The van der Waals surface area contributed by atoms with E-state index in [9.17, 15) is 9.90 Å². The number of benzene rings is 2. The third kappa shape index (κ3) is 3.88. The molecule has 2 aromatic carbocycles. The van der Waals surface area contributed by atoms with E-state index in [1.165, 1.54) is 0 Å². The second-order valence-corrected chi connectivity index (χ2v) is 6.85. The second kappa shape index (κ2) is 7.33. The molecule has 2 aromatic rings. The highest BCUT2D eigenvalue weighted by Crippen LogP contribution is 2.29. The summed E-state index contributed by atoms with van der Waals surface area (Å²) in [6, 6.07) is 12.6. The van der Waals surface area contributed by atoms with Crippen molar-refractivity contribution in [2.45, 2.75) is 12.5 Å². The van der Waals surface area contributed by atoms with Gasteiger partial charge in [-0.15, -0.1) is 0 Å². The molecule has 1 heterocycles. The summed E-state index contributed by atoms with van der Waals surface area (Å²) in [5.74, 6) is -0.260. The Bertz CT molecular complexity index is 865. The molecule has 1 aliphatic rings. The van der Waals surface area contributed by atoms with E-state index in [0.29, 0.717) is 16.4 Å². The Morgan fingerprint density at radius 3 is 2.68 bits per heavy atom. The molecular weight excluding hydrogens is 404 g/mol. The number of carbonyl (C=O) groups is 1. The van der Waals surface area contributed by atoms with E-state index in [0.717, 1.165) is 21.3 Å². The number of hydrogen-bond acceptors (Lipinski definition) is 4. The molecule has 128 valence electrons. The number of rotatable bonds is 4. The third-order valence-corrected chi connectivity index (χ3v) is 4.72. The van der Waals surface area contributed by atoms with Crippen molar-refractivity contribution >= 4 is 50.5 Å². The summed E-state index contributed by atoms with van der Waals surface area (Å²) in [4.78, 5) is 16.3. The van der Waals surface area contributed by atoms with Crippen LogP contribution in [-0.4, -0.2) is 34.9 Å². The third-order valence-electron chi connectivity index (χ3n) is 3.81. The maximum absolute atomic E-state index is 11.2. The summed E-state index contributed by atoms with van der Waals surface area (Å²) in [5.41, 5.74) is 3.15. The minimum Gasteiger partial charge on any atom is -0.497 e. The number of aliphatic imine (C=N–C) groups is 1. The van der Waals surface area contributed by atoms with Crippen molar-refractivity contribution in [2.75, 3.05) is 12.4 Å². The molecule has 0 radical (unpaired) electrons. The fourth-order valence-electron chi connectivity index (χ4n) is 2.60. The monoisotopic (exact) mass is 418 g/mol. The Kier molecular flexibility index (Phi) is 5.15. The molecule has 1 aliphatic heterocycles. The van der Waals surface area contributed by atoms with Crippen LogP contribution >= 0.6 is 28.1 Å². The van der Waals surface area contributed by atoms with E-state index in [-0.39, 0.29) is 6.42 Å². The number of carboxylic acids is 1. The number of nitrogens with zero attached hydrogens (tertiary/aromatic N) is 1. The van der Waals surface area contributed by atoms with Crippen LogP contribution in [0.5, 0.6) is 5.75 Å². The first-order valence-electron chi connectivity index (χ1n) is 7.52. The molecule has 0 fully saturated rings. The number of ether oxygens (including phenoxy) is 1. The number of fused-ring (bicyclic) bond motifs is 1. The smallest absolute Gasteiger partial charge is 0.305 e. The standard InChI is InChI=1S/C18H15BrN2O3S/c1-24-12-6-7-14-13(8-12)17(10-2-4-11(19)5-3-10)20-15(9-16(22)23)18(25)21-14/h2-8,15H,9H2,1H3,(H,21,25)(H,22,23). The van der Waals surface area contributed by atoms with Gasteiger partial charge in [-0.25, -0.2) is 0 Å². The van der Waals surface area contributed by atoms with Crippen LogP contribution < -0.4 is 10.1 Å². The molecule has 1 atom stereocenters. The zero-order valence-electron chi connectivity index (χ0n) is 13.3. The van der Waals surface area contributed by atoms with Crippen molar-refractivity contribution in [3.63, 3.8) is 0 Å². The van der Waals surface area contributed by atoms with Crippen molar-refractivity contribution in [3.05, 3.63) is 58.1 Å². The molecule has 0 spiro atoms.